The molecule has 0 fully saturated rings. The fourth-order valence-electron chi connectivity index (χ4n) is 4.41. The quantitative estimate of drug-likeness (QED) is 0.386. The van der Waals surface area contributed by atoms with Crippen LogP contribution in [0.5, 0.6) is 0 Å². The molecule has 0 aliphatic rings. The van der Waals surface area contributed by atoms with Gasteiger partial charge >= 0.3 is 5.76 Å². The van der Waals surface area contributed by atoms with Gasteiger partial charge in [-0.2, -0.15) is 10.1 Å². The summed E-state index contributed by atoms with van der Waals surface area (Å²) in [7, 11) is 0. The molecule has 35 heavy (non-hydrogen) atoms. The lowest BCUT2D eigenvalue weighted by Gasteiger charge is -2.15. The molecule has 0 amide bonds. The summed E-state index contributed by atoms with van der Waals surface area (Å²) >= 11 is 0. The highest BCUT2D eigenvalue weighted by molar-refractivity contribution is 5.80. The van der Waals surface area contributed by atoms with Crippen LogP contribution in [0.2, 0.25) is 0 Å². The Morgan fingerprint density at radius 2 is 1.89 bits per heavy atom. The van der Waals surface area contributed by atoms with Gasteiger partial charge in [-0.25, -0.2) is 13.7 Å². The number of halogens is 1. The summed E-state index contributed by atoms with van der Waals surface area (Å²) in [4.78, 5) is 31.5. The van der Waals surface area contributed by atoms with Crippen LogP contribution in [0.25, 0.3) is 28.3 Å². The van der Waals surface area contributed by atoms with Crippen molar-refractivity contribution >= 4 is 5.78 Å². The number of hydrogen-bond donors (Lipinski definition) is 1. The fraction of sp³-hybridized carbons (Fsp3) is 0.240. The van der Waals surface area contributed by atoms with E-state index in [1.807, 2.05) is 26.0 Å². The van der Waals surface area contributed by atoms with Gasteiger partial charge in [-0.3, -0.25) is 18.9 Å². The van der Waals surface area contributed by atoms with E-state index < -0.39 is 11.6 Å². The highest BCUT2D eigenvalue weighted by atomic mass is 19.1. The van der Waals surface area contributed by atoms with Crippen LogP contribution in [0.1, 0.15) is 37.1 Å². The molecule has 0 bridgehead atoms. The SMILES string of the molecule is CCCc1c(Cc2ccc(-c3ccccc3-c3noc(=O)[nH]3)cc2F)c(=O)n(CC)c2ncnn12. The lowest BCUT2D eigenvalue weighted by molar-refractivity contribution is 0.388. The van der Waals surface area contributed by atoms with Crippen LogP contribution in [0, 0.1) is 5.82 Å². The summed E-state index contributed by atoms with van der Waals surface area (Å²) in [6, 6.07) is 12.1. The van der Waals surface area contributed by atoms with Gasteiger partial charge in [0.05, 0.1) is 5.69 Å². The van der Waals surface area contributed by atoms with Crippen molar-refractivity contribution in [2.45, 2.75) is 39.7 Å². The van der Waals surface area contributed by atoms with E-state index in [-0.39, 0.29) is 17.8 Å². The summed E-state index contributed by atoms with van der Waals surface area (Å²) in [5.74, 6) is -0.348. The molecule has 0 saturated carbocycles. The van der Waals surface area contributed by atoms with Gasteiger partial charge in [-0.05, 0) is 36.1 Å². The molecule has 0 spiro atoms. The first-order valence-electron chi connectivity index (χ1n) is 11.4. The van der Waals surface area contributed by atoms with Crippen LogP contribution < -0.4 is 11.3 Å². The molecule has 3 aromatic heterocycles. The smallest absolute Gasteiger partial charge is 0.296 e. The van der Waals surface area contributed by atoms with E-state index in [0.717, 1.165) is 12.1 Å². The molecule has 5 aromatic rings. The topological polar surface area (TPSA) is 111 Å². The minimum atomic E-state index is -0.665. The summed E-state index contributed by atoms with van der Waals surface area (Å²) < 4.78 is 23.3. The third kappa shape index (κ3) is 3.96. The Labute approximate surface area is 198 Å². The number of aromatic nitrogens is 6. The lowest BCUT2D eigenvalue weighted by Crippen LogP contribution is -2.29. The van der Waals surface area contributed by atoms with E-state index in [0.29, 0.717) is 46.6 Å². The first-order chi connectivity index (χ1) is 17.0. The van der Waals surface area contributed by atoms with Crippen molar-refractivity contribution in [1.82, 2.24) is 29.3 Å². The Morgan fingerprint density at radius 3 is 2.57 bits per heavy atom. The zero-order valence-electron chi connectivity index (χ0n) is 19.3. The number of nitrogens with one attached hydrogen (secondary N) is 1. The van der Waals surface area contributed by atoms with Crippen molar-refractivity contribution in [2.75, 3.05) is 0 Å². The fourth-order valence-corrected chi connectivity index (χ4v) is 4.41. The van der Waals surface area contributed by atoms with Gasteiger partial charge in [0.15, 0.2) is 5.82 Å². The van der Waals surface area contributed by atoms with Crippen LogP contribution in [0.15, 0.2) is 62.9 Å². The number of hydrogen-bond acceptors (Lipinski definition) is 6. The molecular formula is C25H23FN6O3. The molecular weight excluding hydrogens is 451 g/mol. The van der Waals surface area contributed by atoms with Crippen molar-refractivity contribution in [1.29, 1.82) is 0 Å². The molecule has 0 unspecified atom stereocenters. The summed E-state index contributed by atoms with van der Waals surface area (Å²) in [6.07, 6.45) is 2.99. The highest BCUT2D eigenvalue weighted by Gasteiger charge is 2.20. The molecule has 3 heterocycles. The van der Waals surface area contributed by atoms with Crippen molar-refractivity contribution in [2.24, 2.45) is 0 Å². The molecule has 10 heteroatoms. The Balaban J connectivity index is 1.58. The molecule has 178 valence electrons. The first-order valence-corrected chi connectivity index (χ1v) is 11.4. The van der Waals surface area contributed by atoms with Gasteiger partial charge in [0.2, 0.25) is 5.78 Å². The largest absolute Gasteiger partial charge is 0.439 e. The molecule has 0 aliphatic carbocycles. The van der Waals surface area contributed by atoms with Gasteiger partial charge in [0.1, 0.15) is 12.1 Å². The number of H-pyrrole nitrogens is 1. The van der Waals surface area contributed by atoms with E-state index in [2.05, 4.69) is 24.7 Å². The monoisotopic (exact) mass is 474 g/mol. The predicted octanol–water partition coefficient (Wildman–Crippen LogP) is 3.60. The minimum Gasteiger partial charge on any atom is -0.296 e. The van der Waals surface area contributed by atoms with E-state index in [1.54, 1.807) is 33.3 Å². The molecule has 0 atom stereocenters. The standard InChI is InChI=1S/C25H23FN6O3/c1-3-7-21-19(23(33)31(4-2)24-27-14-28-32(21)24)12-16-11-10-15(13-20(16)26)17-8-5-6-9-18(17)22-29-25(34)35-30-22/h5-6,8-11,13-14H,3-4,7,12H2,1-2H3,(H,29,30,34). The zero-order chi connectivity index (χ0) is 24.5. The number of aromatic amines is 1. The maximum absolute atomic E-state index is 15.4. The van der Waals surface area contributed by atoms with Crippen LogP contribution >= 0.6 is 0 Å². The predicted molar refractivity (Wildman–Crippen MR) is 128 cm³/mol. The average Bonchev–Trinajstić information content (AvgIpc) is 3.52. The summed E-state index contributed by atoms with van der Waals surface area (Å²) in [6.45, 7) is 4.32. The van der Waals surface area contributed by atoms with Gasteiger partial charge in [-0.1, -0.05) is 54.9 Å². The lowest BCUT2D eigenvalue weighted by atomic mass is 9.96. The molecule has 9 nitrogen and oxygen atoms in total. The Hall–Kier alpha value is -4.34. The number of fused-ring (bicyclic) bond motifs is 1. The second-order valence-electron chi connectivity index (χ2n) is 8.17. The molecule has 1 N–H and O–H groups in total. The molecule has 2 aromatic carbocycles. The minimum absolute atomic E-state index is 0.133. The van der Waals surface area contributed by atoms with Crippen LogP contribution in [-0.2, 0) is 19.4 Å². The van der Waals surface area contributed by atoms with Crippen LogP contribution in [0.4, 0.5) is 4.39 Å². The maximum atomic E-state index is 15.4. The number of nitrogens with zero attached hydrogens (tertiary/aromatic N) is 5. The van der Waals surface area contributed by atoms with Gasteiger partial charge in [0.25, 0.3) is 5.56 Å². The number of benzene rings is 2. The summed E-state index contributed by atoms with van der Waals surface area (Å²) in [5, 5.41) is 8.07. The van der Waals surface area contributed by atoms with Crippen molar-refractivity contribution in [3.8, 4) is 22.5 Å². The Morgan fingerprint density at radius 1 is 1.09 bits per heavy atom. The molecule has 0 radical (unpaired) electrons. The highest BCUT2D eigenvalue weighted by Crippen LogP contribution is 2.31. The van der Waals surface area contributed by atoms with Crippen molar-refractivity contribution < 1.29 is 8.91 Å². The van der Waals surface area contributed by atoms with Crippen LogP contribution in [-0.4, -0.2) is 29.3 Å². The third-order valence-corrected chi connectivity index (χ3v) is 6.04. The van der Waals surface area contributed by atoms with Crippen molar-refractivity contribution in [3.05, 3.63) is 92.3 Å². The van der Waals surface area contributed by atoms with Gasteiger partial charge < -0.3 is 0 Å². The van der Waals surface area contributed by atoms with E-state index >= 15 is 4.39 Å². The van der Waals surface area contributed by atoms with E-state index in [4.69, 9.17) is 0 Å². The summed E-state index contributed by atoms with van der Waals surface area (Å²) in [5.41, 5.74) is 3.39. The first kappa shape index (κ1) is 22.5. The number of aryl methyl sites for hydroxylation is 2. The average molecular weight is 474 g/mol. The molecule has 5 rings (SSSR count). The Bertz CT molecular complexity index is 1650. The molecule has 0 saturated heterocycles. The van der Waals surface area contributed by atoms with E-state index in [9.17, 15) is 9.59 Å². The normalized spacial score (nSPS) is 11.4. The number of rotatable bonds is 7. The molecule has 0 aliphatic heterocycles. The second-order valence-corrected chi connectivity index (χ2v) is 8.17. The van der Waals surface area contributed by atoms with Gasteiger partial charge in [0, 0.05) is 24.1 Å². The second kappa shape index (κ2) is 9.13. The van der Waals surface area contributed by atoms with Crippen molar-refractivity contribution in [3.63, 3.8) is 0 Å². The maximum Gasteiger partial charge on any atom is 0.439 e. The van der Waals surface area contributed by atoms with Crippen LogP contribution in [0.3, 0.4) is 0 Å². The van der Waals surface area contributed by atoms with Gasteiger partial charge in [-0.15, -0.1) is 0 Å². The zero-order valence-corrected chi connectivity index (χ0v) is 19.3. The van der Waals surface area contributed by atoms with E-state index in [1.165, 1.54) is 12.4 Å². The Kier molecular flexibility index (Phi) is 5.86. The third-order valence-electron chi connectivity index (χ3n) is 6.04.